The van der Waals surface area contributed by atoms with E-state index in [2.05, 4.69) is 5.32 Å². The number of rotatable bonds is 7. The lowest BCUT2D eigenvalue weighted by Crippen LogP contribution is -2.41. The summed E-state index contributed by atoms with van der Waals surface area (Å²) in [6.45, 7) is 5.76. The lowest BCUT2D eigenvalue weighted by atomic mass is 9.83. The Morgan fingerprint density at radius 3 is 1.96 bits per heavy atom. The topological polar surface area (TPSA) is 56.8 Å². The molecule has 1 unspecified atom stereocenters. The molecule has 0 saturated heterocycles. The fourth-order valence-corrected chi connectivity index (χ4v) is 2.80. The largest absolute Gasteiger partial charge is 0.493 e. The molecule has 0 radical (unpaired) electrons. The molecule has 0 heterocycles. The van der Waals surface area contributed by atoms with Gasteiger partial charge in [-0.3, -0.25) is 4.79 Å². The van der Waals surface area contributed by atoms with Gasteiger partial charge in [-0.2, -0.15) is 0 Å². The van der Waals surface area contributed by atoms with Gasteiger partial charge in [0.15, 0.2) is 11.5 Å². The number of methoxy groups -OCH3 is 3. The third kappa shape index (κ3) is 3.93. The van der Waals surface area contributed by atoms with E-state index in [4.69, 9.17) is 14.2 Å². The van der Waals surface area contributed by atoms with Crippen LogP contribution in [-0.2, 0) is 10.2 Å². The first-order valence-electron chi connectivity index (χ1n) is 8.51. The molecule has 0 saturated carbocycles. The second-order valence-corrected chi connectivity index (χ2v) is 6.64. The van der Waals surface area contributed by atoms with E-state index in [0.29, 0.717) is 17.2 Å². The van der Waals surface area contributed by atoms with Gasteiger partial charge in [-0.25, -0.2) is 0 Å². The van der Waals surface area contributed by atoms with Crippen molar-refractivity contribution < 1.29 is 19.0 Å². The quantitative estimate of drug-likeness (QED) is 0.817. The second-order valence-electron chi connectivity index (χ2n) is 6.64. The van der Waals surface area contributed by atoms with Gasteiger partial charge in [0.05, 0.1) is 32.8 Å². The predicted octanol–water partition coefficient (Wildman–Crippen LogP) is 3.87. The number of nitrogens with one attached hydrogen (secondary N) is 1. The Morgan fingerprint density at radius 2 is 1.50 bits per heavy atom. The zero-order valence-corrected chi connectivity index (χ0v) is 16.3. The fourth-order valence-electron chi connectivity index (χ4n) is 2.80. The number of hydrogen-bond donors (Lipinski definition) is 1. The van der Waals surface area contributed by atoms with Crippen molar-refractivity contribution in [1.82, 2.24) is 5.32 Å². The van der Waals surface area contributed by atoms with E-state index in [9.17, 15) is 4.79 Å². The van der Waals surface area contributed by atoms with Crippen molar-refractivity contribution in [2.24, 2.45) is 0 Å². The van der Waals surface area contributed by atoms with E-state index < -0.39 is 5.41 Å². The molecule has 2 aromatic rings. The number of carbonyl (C=O) groups is 1. The highest BCUT2D eigenvalue weighted by Gasteiger charge is 2.31. The van der Waals surface area contributed by atoms with Crippen molar-refractivity contribution in [2.75, 3.05) is 21.3 Å². The van der Waals surface area contributed by atoms with Crippen molar-refractivity contribution in [1.29, 1.82) is 0 Å². The molecule has 0 fully saturated rings. The Balaban J connectivity index is 2.27. The molecule has 0 aliphatic heterocycles. The van der Waals surface area contributed by atoms with Crippen LogP contribution in [0.2, 0.25) is 0 Å². The highest BCUT2D eigenvalue weighted by Crippen LogP contribution is 2.39. The second kappa shape index (κ2) is 8.13. The Kier molecular flexibility index (Phi) is 6.14. The molecule has 0 aromatic heterocycles. The van der Waals surface area contributed by atoms with E-state index in [1.54, 1.807) is 21.3 Å². The highest BCUT2D eigenvalue weighted by molar-refractivity contribution is 5.87. The standard InChI is InChI=1S/C21H27NO4/c1-14(15-12-17(24-4)19(26-6)18(13-15)25-5)22-20(23)21(2,3)16-10-8-7-9-11-16/h7-14H,1-6H3,(H,22,23). The number of hydrogen-bond acceptors (Lipinski definition) is 4. The molecule has 0 bridgehead atoms. The Labute approximate surface area is 155 Å². The maximum Gasteiger partial charge on any atom is 0.230 e. The summed E-state index contributed by atoms with van der Waals surface area (Å²) in [5, 5.41) is 3.08. The van der Waals surface area contributed by atoms with Crippen LogP contribution in [0.5, 0.6) is 17.2 Å². The van der Waals surface area contributed by atoms with E-state index in [-0.39, 0.29) is 11.9 Å². The molecule has 2 aromatic carbocycles. The Hall–Kier alpha value is -2.69. The van der Waals surface area contributed by atoms with Crippen LogP contribution in [0, 0.1) is 0 Å². The van der Waals surface area contributed by atoms with Crippen LogP contribution in [0.15, 0.2) is 42.5 Å². The molecular formula is C21H27NO4. The summed E-state index contributed by atoms with van der Waals surface area (Å²) in [5.41, 5.74) is 1.20. The number of benzene rings is 2. The van der Waals surface area contributed by atoms with Gasteiger partial charge >= 0.3 is 0 Å². The molecule has 0 aliphatic carbocycles. The third-order valence-corrected chi connectivity index (χ3v) is 4.60. The van der Waals surface area contributed by atoms with Crippen molar-refractivity contribution in [3.63, 3.8) is 0 Å². The van der Waals surface area contributed by atoms with E-state index in [0.717, 1.165) is 11.1 Å². The lowest BCUT2D eigenvalue weighted by molar-refractivity contribution is -0.126. The number of amides is 1. The number of ether oxygens (including phenoxy) is 3. The first-order chi connectivity index (χ1) is 12.3. The van der Waals surface area contributed by atoms with Crippen LogP contribution >= 0.6 is 0 Å². The molecule has 26 heavy (non-hydrogen) atoms. The van der Waals surface area contributed by atoms with Crippen LogP contribution in [-0.4, -0.2) is 27.2 Å². The summed E-state index contributed by atoms with van der Waals surface area (Å²) in [4.78, 5) is 12.9. The summed E-state index contributed by atoms with van der Waals surface area (Å²) in [5.74, 6) is 1.60. The van der Waals surface area contributed by atoms with Gasteiger partial charge in [-0.1, -0.05) is 30.3 Å². The molecule has 1 atom stereocenters. The molecule has 2 rings (SSSR count). The van der Waals surface area contributed by atoms with Crippen molar-refractivity contribution >= 4 is 5.91 Å². The maximum atomic E-state index is 12.9. The summed E-state index contributed by atoms with van der Waals surface area (Å²) in [6.07, 6.45) is 0. The van der Waals surface area contributed by atoms with Gasteiger partial charge in [0.1, 0.15) is 0 Å². The average Bonchev–Trinajstić information content (AvgIpc) is 2.67. The van der Waals surface area contributed by atoms with Gasteiger partial charge in [0.25, 0.3) is 0 Å². The molecule has 0 spiro atoms. The zero-order chi connectivity index (χ0) is 19.3. The summed E-state index contributed by atoms with van der Waals surface area (Å²) in [7, 11) is 4.71. The summed E-state index contributed by atoms with van der Waals surface area (Å²) < 4.78 is 16.1. The minimum absolute atomic E-state index is 0.0510. The van der Waals surface area contributed by atoms with E-state index >= 15 is 0 Å². The van der Waals surface area contributed by atoms with Gasteiger partial charge in [-0.15, -0.1) is 0 Å². The van der Waals surface area contributed by atoms with Gasteiger partial charge in [-0.05, 0) is 44.0 Å². The molecular weight excluding hydrogens is 330 g/mol. The van der Waals surface area contributed by atoms with Crippen molar-refractivity contribution in [2.45, 2.75) is 32.2 Å². The van der Waals surface area contributed by atoms with E-state index in [1.165, 1.54) is 0 Å². The van der Waals surface area contributed by atoms with Gasteiger partial charge < -0.3 is 19.5 Å². The highest BCUT2D eigenvalue weighted by atomic mass is 16.5. The van der Waals surface area contributed by atoms with Crippen LogP contribution < -0.4 is 19.5 Å². The molecule has 0 aliphatic rings. The average molecular weight is 357 g/mol. The Morgan fingerprint density at radius 1 is 0.962 bits per heavy atom. The first kappa shape index (κ1) is 19.6. The van der Waals surface area contributed by atoms with Crippen LogP contribution in [0.25, 0.3) is 0 Å². The molecule has 1 amide bonds. The molecule has 5 heteroatoms. The zero-order valence-electron chi connectivity index (χ0n) is 16.3. The lowest BCUT2D eigenvalue weighted by Gasteiger charge is -2.27. The third-order valence-electron chi connectivity index (χ3n) is 4.60. The van der Waals surface area contributed by atoms with Crippen LogP contribution in [0.3, 0.4) is 0 Å². The molecule has 1 N–H and O–H groups in total. The van der Waals surface area contributed by atoms with Crippen LogP contribution in [0.1, 0.15) is 37.9 Å². The normalized spacial score (nSPS) is 12.2. The molecule has 5 nitrogen and oxygen atoms in total. The van der Waals surface area contributed by atoms with E-state index in [1.807, 2.05) is 63.2 Å². The minimum Gasteiger partial charge on any atom is -0.493 e. The van der Waals surface area contributed by atoms with Crippen molar-refractivity contribution in [3.05, 3.63) is 53.6 Å². The Bertz CT molecular complexity index is 731. The van der Waals surface area contributed by atoms with Gasteiger partial charge in [0, 0.05) is 0 Å². The fraction of sp³-hybridized carbons (Fsp3) is 0.381. The smallest absolute Gasteiger partial charge is 0.230 e. The predicted molar refractivity (Wildman–Crippen MR) is 102 cm³/mol. The SMILES string of the molecule is COc1cc(C(C)NC(=O)C(C)(C)c2ccccc2)cc(OC)c1OC. The summed E-state index contributed by atoms with van der Waals surface area (Å²) in [6, 6.07) is 13.2. The minimum atomic E-state index is -0.643. The maximum absolute atomic E-state index is 12.9. The molecule has 140 valence electrons. The van der Waals surface area contributed by atoms with Crippen LogP contribution in [0.4, 0.5) is 0 Å². The number of carbonyl (C=O) groups excluding carboxylic acids is 1. The van der Waals surface area contributed by atoms with Gasteiger partial charge in [0.2, 0.25) is 11.7 Å². The first-order valence-corrected chi connectivity index (χ1v) is 8.51. The van der Waals surface area contributed by atoms with Crippen molar-refractivity contribution in [3.8, 4) is 17.2 Å². The monoisotopic (exact) mass is 357 g/mol. The summed E-state index contributed by atoms with van der Waals surface area (Å²) >= 11 is 0.